The second kappa shape index (κ2) is 7.13. The summed E-state index contributed by atoms with van der Waals surface area (Å²) in [7, 11) is 0. The largest absolute Gasteiger partial charge is 0.340 e. The van der Waals surface area contributed by atoms with Crippen LogP contribution in [0.3, 0.4) is 0 Å². The van der Waals surface area contributed by atoms with Crippen LogP contribution in [0.5, 0.6) is 0 Å². The third-order valence-electron chi connectivity index (χ3n) is 4.09. The summed E-state index contributed by atoms with van der Waals surface area (Å²) in [4.78, 5) is 14.1. The van der Waals surface area contributed by atoms with E-state index in [2.05, 4.69) is 5.10 Å². The number of hydrogen-bond donors (Lipinski definition) is 0. The Morgan fingerprint density at radius 3 is 2.50 bits per heavy atom. The second-order valence-electron chi connectivity index (χ2n) is 5.50. The Balaban J connectivity index is 2.07. The molecular formula is C20H21N3O. The first-order valence-electron chi connectivity index (χ1n) is 8.24. The maximum Gasteiger partial charge on any atom is 0.246 e. The van der Waals surface area contributed by atoms with E-state index in [1.807, 2.05) is 79.2 Å². The molecule has 0 aliphatic rings. The first-order valence-corrected chi connectivity index (χ1v) is 8.24. The number of rotatable bonds is 5. The highest BCUT2D eigenvalue weighted by Gasteiger charge is 2.13. The summed E-state index contributed by atoms with van der Waals surface area (Å²) in [6.07, 6.45) is 5.44. The molecule has 4 nitrogen and oxygen atoms in total. The number of pyridine rings is 1. The normalized spacial score (nSPS) is 11.2. The molecule has 1 amide bonds. The number of amides is 1. The van der Waals surface area contributed by atoms with Crippen molar-refractivity contribution in [1.29, 1.82) is 0 Å². The van der Waals surface area contributed by atoms with Gasteiger partial charge < -0.3 is 4.90 Å². The van der Waals surface area contributed by atoms with E-state index in [4.69, 9.17) is 0 Å². The van der Waals surface area contributed by atoms with E-state index >= 15 is 0 Å². The van der Waals surface area contributed by atoms with Crippen LogP contribution in [0.1, 0.15) is 19.4 Å². The average molecular weight is 319 g/mol. The van der Waals surface area contributed by atoms with E-state index in [1.54, 1.807) is 11.0 Å². The molecular weight excluding hydrogens is 298 g/mol. The summed E-state index contributed by atoms with van der Waals surface area (Å²) in [6.45, 7) is 5.39. The van der Waals surface area contributed by atoms with Gasteiger partial charge in [0.1, 0.15) is 5.69 Å². The first kappa shape index (κ1) is 16.0. The van der Waals surface area contributed by atoms with Crippen LogP contribution in [0.15, 0.2) is 60.8 Å². The molecule has 0 saturated heterocycles. The fourth-order valence-corrected chi connectivity index (χ4v) is 2.79. The highest BCUT2D eigenvalue weighted by atomic mass is 16.2. The van der Waals surface area contributed by atoms with Crippen LogP contribution < -0.4 is 0 Å². The van der Waals surface area contributed by atoms with Crippen LogP contribution in [0.25, 0.3) is 22.9 Å². The molecule has 0 atom stereocenters. The van der Waals surface area contributed by atoms with Gasteiger partial charge in [-0.3, -0.25) is 4.79 Å². The van der Waals surface area contributed by atoms with Crippen LogP contribution in [0.4, 0.5) is 0 Å². The van der Waals surface area contributed by atoms with Gasteiger partial charge in [0, 0.05) is 36.5 Å². The van der Waals surface area contributed by atoms with Gasteiger partial charge in [-0.1, -0.05) is 36.4 Å². The maximum absolute atomic E-state index is 12.3. The number of likely N-dealkylation sites (N-methyl/N-ethyl adjacent to an activating group) is 1. The summed E-state index contributed by atoms with van der Waals surface area (Å²) >= 11 is 0. The predicted octanol–water partition coefficient (Wildman–Crippen LogP) is 3.88. The van der Waals surface area contributed by atoms with Crippen molar-refractivity contribution < 1.29 is 4.79 Å². The van der Waals surface area contributed by atoms with E-state index in [9.17, 15) is 4.79 Å². The highest BCUT2D eigenvalue weighted by molar-refractivity contribution is 5.95. The van der Waals surface area contributed by atoms with Gasteiger partial charge in [0.05, 0.1) is 5.52 Å². The second-order valence-corrected chi connectivity index (χ2v) is 5.50. The molecule has 0 spiro atoms. The van der Waals surface area contributed by atoms with Crippen molar-refractivity contribution in [2.24, 2.45) is 0 Å². The quantitative estimate of drug-likeness (QED) is 0.669. The molecule has 0 aliphatic heterocycles. The number of aromatic nitrogens is 2. The van der Waals surface area contributed by atoms with Gasteiger partial charge in [0.15, 0.2) is 0 Å². The smallest absolute Gasteiger partial charge is 0.246 e. The molecule has 2 heterocycles. The third kappa shape index (κ3) is 3.08. The summed E-state index contributed by atoms with van der Waals surface area (Å²) in [5.74, 6) is 0.0225. The molecule has 0 bridgehead atoms. The Morgan fingerprint density at radius 1 is 1.08 bits per heavy atom. The van der Waals surface area contributed by atoms with E-state index in [-0.39, 0.29) is 5.91 Å². The molecule has 0 saturated carbocycles. The summed E-state index contributed by atoms with van der Waals surface area (Å²) in [6, 6.07) is 16.0. The molecule has 0 fully saturated rings. The van der Waals surface area contributed by atoms with Crippen LogP contribution in [-0.2, 0) is 4.79 Å². The summed E-state index contributed by atoms with van der Waals surface area (Å²) in [5, 5.41) is 4.69. The molecule has 3 rings (SSSR count). The van der Waals surface area contributed by atoms with Crippen molar-refractivity contribution in [2.75, 3.05) is 13.1 Å². The predicted molar refractivity (Wildman–Crippen MR) is 97.6 cm³/mol. The lowest BCUT2D eigenvalue weighted by atomic mass is 10.1. The van der Waals surface area contributed by atoms with Crippen molar-refractivity contribution in [3.05, 3.63) is 66.4 Å². The Kier molecular flexibility index (Phi) is 4.75. The fourth-order valence-electron chi connectivity index (χ4n) is 2.79. The number of hydrogen-bond acceptors (Lipinski definition) is 2. The lowest BCUT2D eigenvalue weighted by Crippen LogP contribution is -2.28. The van der Waals surface area contributed by atoms with Crippen molar-refractivity contribution in [3.63, 3.8) is 0 Å². The lowest BCUT2D eigenvalue weighted by molar-refractivity contribution is -0.125. The molecule has 2 aromatic heterocycles. The van der Waals surface area contributed by atoms with Crippen LogP contribution in [0.2, 0.25) is 0 Å². The number of carbonyl (C=O) groups is 1. The van der Waals surface area contributed by atoms with Crippen molar-refractivity contribution in [1.82, 2.24) is 14.5 Å². The van der Waals surface area contributed by atoms with Gasteiger partial charge >= 0.3 is 0 Å². The molecule has 122 valence electrons. The Hall–Kier alpha value is -2.88. The Morgan fingerprint density at radius 2 is 1.79 bits per heavy atom. The van der Waals surface area contributed by atoms with E-state index < -0.39 is 0 Å². The molecule has 1 aromatic carbocycles. The zero-order valence-electron chi connectivity index (χ0n) is 14.0. The van der Waals surface area contributed by atoms with Gasteiger partial charge in [0.25, 0.3) is 0 Å². The average Bonchev–Trinajstić information content (AvgIpc) is 3.00. The third-order valence-corrected chi connectivity index (χ3v) is 4.09. The van der Waals surface area contributed by atoms with E-state index in [1.165, 1.54) is 0 Å². The Labute approximate surface area is 142 Å². The number of fused-ring (bicyclic) bond motifs is 1. The maximum atomic E-state index is 12.3. The minimum Gasteiger partial charge on any atom is -0.340 e. The van der Waals surface area contributed by atoms with Crippen LogP contribution >= 0.6 is 0 Å². The molecule has 4 heteroatoms. The van der Waals surface area contributed by atoms with Gasteiger partial charge in [0.2, 0.25) is 5.91 Å². The van der Waals surface area contributed by atoms with Gasteiger partial charge in [-0.25, -0.2) is 4.52 Å². The minimum absolute atomic E-state index is 0.0225. The first-order chi connectivity index (χ1) is 11.7. The van der Waals surface area contributed by atoms with Crippen molar-refractivity contribution in [3.8, 4) is 11.3 Å². The van der Waals surface area contributed by atoms with Crippen molar-refractivity contribution in [2.45, 2.75) is 13.8 Å². The molecule has 0 N–H and O–H groups in total. The fraction of sp³-hybridized carbons (Fsp3) is 0.200. The van der Waals surface area contributed by atoms with E-state index in [0.717, 1.165) is 22.3 Å². The summed E-state index contributed by atoms with van der Waals surface area (Å²) < 4.78 is 1.85. The zero-order valence-corrected chi connectivity index (χ0v) is 14.0. The van der Waals surface area contributed by atoms with Gasteiger partial charge in [-0.15, -0.1) is 0 Å². The monoisotopic (exact) mass is 319 g/mol. The molecule has 0 radical (unpaired) electrons. The number of nitrogens with zero attached hydrogens (tertiary/aromatic N) is 3. The lowest BCUT2D eigenvalue weighted by Gasteiger charge is -2.15. The van der Waals surface area contributed by atoms with Gasteiger partial charge in [-0.2, -0.15) is 5.10 Å². The van der Waals surface area contributed by atoms with E-state index in [0.29, 0.717) is 13.1 Å². The van der Waals surface area contributed by atoms with Gasteiger partial charge in [-0.05, 0) is 32.1 Å². The SMILES string of the molecule is CCN(CC)C(=O)C=Cc1c(-c2ccccc2)nn2ccccc12. The zero-order chi connectivity index (χ0) is 16.9. The highest BCUT2D eigenvalue weighted by Crippen LogP contribution is 2.27. The van der Waals surface area contributed by atoms with Crippen LogP contribution in [-0.4, -0.2) is 33.5 Å². The number of carbonyl (C=O) groups excluding carboxylic acids is 1. The minimum atomic E-state index is 0.0225. The number of benzene rings is 1. The molecule has 3 aromatic rings. The molecule has 0 unspecified atom stereocenters. The topological polar surface area (TPSA) is 37.6 Å². The standard InChI is InChI=1S/C20H21N3O/c1-3-22(4-2)19(24)14-13-17-18-12-8-9-15-23(18)21-20(17)16-10-6-5-7-11-16/h5-15H,3-4H2,1-2H3. The van der Waals surface area contributed by atoms with Crippen molar-refractivity contribution >= 4 is 17.5 Å². The molecule has 24 heavy (non-hydrogen) atoms. The van der Waals surface area contributed by atoms with Crippen LogP contribution in [0, 0.1) is 0 Å². The summed E-state index contributed by atoms with van der Waals surface area (Å²) in [5.41, 5.74) is 3.86. The molecule has 0 aliphatic carbocycles. The Bertz CT molecular complexity index is 861.